The van der Waals surface area contributed by atoms with Crippen LogP contribution in [-0.4, -0.2) is 41.3 Å². The molecule has 134 valence electrons. The SMILES string of the molecule is Cc1nc(C(=O)N2CCCC[C@@H]2c2ccc(CN(C)C)cc2)c(C)o1. The molecule has 1 atom stereocenters. The minimum Gasteiger partial charge on any atom is -0.445 e. The lowest BCUT2D eigenvalue weighted by Crippen LogP contribution is -2.39. The lowest BCUT2D eigenvalue weighted by atomic mass is 9.94. The van der Waals surface area contributed by atoms with E-state index in [0.717, 1.165) is 32.4 Å². The van der Waals surface area contributed by atoms with Gasteiger partial charge in [0.1, 0.15) is 5.76 Å². The van der Waals surface area contributed by atoms with Gasteiger partial charge in [-0.25, -0.2) is 4.98 Å². The Morgan fingerprint density at radius 1 is 1.24 bits per heavy atom. The summed E-state index contributed by atoms with van der Waals surface area (Å²) < 4.78 is 5.46. The largest absolute Gasteiger partial charge is 0.445 e. The Balaban J connectivity index is 1.83. The average molecular weight is 341 g/mol. The first kappa shape index (κ1) is 17.7. The van der Waals surface area contributed by atoms with E-state index in [1.165, 1.54) is 11.1 Å². The standard InChI is InChI=1S/C20H27N3O2/c1-14-19(21-15(2)25-14)20(24)23-12-6-5-7-18(23)17-10-8-16(9-11-17)13-22(3)4/h8-11,18H,5-7,12-13H2,1-4H3/t18-/m1/s1. The molecule has 2 aromatic rings. The Kier molecular flexibility index (Phi) is 5.23. The number of amides is 1. The molecule has 0 saturated carbocycles. The smallest absolute Gasteiger partial charge is 0.276 e. The molecule has 3 rings (SSSR count). The Hall–Kier alpha value is -2.14. The van der Waals surface area contributed by atoms with E-state index in [4.69, 9.17) is 4.42 Å². The molecule has 1 saturated heterocycles. The van der Waals surface area contributed by atoms with Gasteiger partial charge in [-0.3, -0.25) is 4.79 Å². The van der Waals surface area contributed by atoms with Crippen molar-refractivity contribution in [3.63, 3.8) is 0 Å². The third kappa shape index (κ3) is 3.93. The summed E-state index contributed by atoms with van der Waals surface area (Å²) in [6.07, 6.45) is 3.18. The number of hydrogen-bond acceptors (Lipinski definition) is 4. The fraction of sp³-hybridized carbons (Fsp3) is 0.500. The Labute approximate surface area is 149 Å². The van der Waals surface area contributed by atoms with E-state index in [2.05, 4.69) is 48.2 Å². The molecule has 1 fully saturated rings. The molecule has 2 heterocycles. The van der Waals surface area contributed by atoms with Crippen LogP contribution in [0.25, 0.3) is 0 Å². The molecule has 25 heavy (non-hydrogen) atoms. The van der Waals surface area contributed by atoms with Gasteiger partial charge >= 0.3 is 0 Å². The topological polar surface area (TPSA) is 49.6 Å². The molecule has 1 aromatic heterocycles. The molecule has 0 N–H and O–H groups in total. The van der Waals surface area contributed by atoms with Crippen LogP contribution in [0.1, 0.15) is 58.6 Å². The van der Waals surface area contributed by atoms with Gasteiger partial charge in [0, 0.05) is 20.0 Å². The zero-order valence-electron chi connectivity index (χ0n) is 15.6. The van der Waals surface area contributed by atoms with E-state index in [-0.39, 0.29) is 11.9 Å². The molecule has 0 aliphatic carbocycles. The van der Waals surface area contributed by atoms with Crippen molar-refractivity contribution < 1.29 is 9.21 Å². The van der Waals surface area contributed by atoms with Gasteiger partial charge in [-0.1, -0.05) is 24.3 Å². The zero-order chi connectivity index (χ0) is 18.0. The van der Waals surface area contributed by atoms with Crippen LogP contribution in [0, 0.1) is 13.8 Å². The molecular formula is C20H27N3O2. The van der Waals surface area contributed by atoms with Gasteiger partial charge in [0.15, 0.2) is 11.6 Å². The van der Waals surface area contributed by atoms with Gasteiger partial charge in [0.2, 0.25) is 0 Å². The summed E-state index contributed by atoms with van der Waals surface area (Å²) in [6, 6.07) is 8.77. The minimum atomic E-state index is -0.0172. The second-order valence-corrected chi connectivity index (χ2v) is 7.13. The molecule has 1 aliphatic heterocycles. The molecule has 0 radical (unpaired) electrons. The van der Waals surface area contributed by atoms with Crippen LogP contribution in [0.5, 0.6) is 0 Å². The molecule has 5 heteroatoms. The van der Waals surface area contributed by atoms with Crippen molar-refractivity contribution in [1.82, 2.24) is 14.8 Å². The second-order valence-electron chi connectivity index (χ2n) is 7.13. The number of oxazole rings is 1. The van der Waals surface area contributed by atoms with E-state index < -0.39 is 0 Å². The van der Waals surface area contributed by atoms with Crippen LogP contribution in [0.4, 0.5) is 0 Å². The van der Waals surface area contributed by atoms with E-state index in [1.807, 2.05) is 11.8 Å². The van der Waals surface area contributed by atoms with Crippen molar-refractivity contribution in [2.45, 2.75) is 45.7 Å². The first-order valence-electron chi connectivity index (χ1n) is 8.94. The maximum absolute atomic E-state index is 13.0. The molecule has 0 spiro atoms. The Bertz CT molecular complexity index is 734. The van der Waals surface area contributed by atoms with Crippen molar-refractivity contribution in [1.29, 1.82) is 0 Å². The highest BCUT2D eigenvalue weighted by atomic mass is 16.4. The van der Waals surface area contributed by atoms with Crippen LogP contribution in [-0.2, 0) is 6.54 Å². The second kappa shape index (κ2) is 7.40. The number of nitrogens with zero attached hydrogens (tertiary/aromatic N) is 3. The summed E-state index contributed by atoms with van der Waals surface area (Å²) in [6.45, 7) is 5.28. The summed E-state index contributed by atoms with van der Waals surface area (Å²) >= 11 is 0. The zero-order valence-corrected chi connectivity index (χ0v) is 15.6. The quantitative estimate of drug-likeness (QED) is 0.850. The lowest BCUT2D eigenvalue weighted by Gasteiger charge is -2.36. The first-order valence-corrected chi connectivity index (χ1v) is 8.94. The van der Waals surface area contributed by atoms with Gasteiger partial charge in [-0.15, -0.1) is 0 Å². The number of likely N-dealkylation sites (tertiary alicyclic amines) is 1. The summed E-state index contributed by atoms with van der Waals surface area (Å²) in [7, 11) is 4.13. The normalized spacial score (nSPS) is 18.0. The minimum absolute atomic E-state index is 0.0172. The molecule has 1 aromatic carbocycles. The maximum atomic E-state index is 13.0. The summed E-state index contributed by atoms with van der Waals surface area (Å²) in [5, 5.41) is 0. The fourth-order valence-corrected chi connectivity index (χ4v) is 3.59. The average Bonchev–Trinajstić information content (AvgIpc) is 2.93. The predicted octanol–water partition coefficient (Wildman–Crippen LogP) is 3.72. The van der Waals surface area contributed by atoms with Gasteiger partial charge < -0.3 is 14.2 Å². The highest BCUT2D eigenvalue weighted by molar-refractivity contribution is 5.93. The molecular weight excluding hydrogens is 314 g/mol. The number of aryl methyl sites for hydroxylation is 2. The van der Waals surface area contributed by atoms with Gasteiger partial charge in [-0.05, 0) is 51.4 Å². The fourth-order valence-electron chi connectivity index (χ4n) is 3.59. The van der Waals surface area contributed by atoms with E-state index in [0.29, 0.717) is 17.3 Å². The third-order valence-electron chi connectivity index (χ3n) is 4.73. The molecule has 5 nitrogen and oxygen atoms in total. The van der Waals surface area contributed by atoms with Crippen molar-refractivity contribution in [3.05, 3.63) is 52.7 Å². The van der Waals surface area contributed by atoms with Crippen LogP contribution >= 0.6 is 0 Å². The number of carbonyl (C=O) groups excluding carboxylic acids is 1. The third-order valence-corrected chi connectivity index (χ3v) is 4.73. The first-order chi connectivity index (χ1) is 12.0. The Morgan fingerprint density at radius 3 is 2.56 bits per heavy atom. The van der Waals surface area contributed by atoms with E-state index in [1.54, 1.807) is 6.92 Å². The molecule has 1 amide bonds. The van der Waals surface area contributed by atoms with Crippen LogP contribution in [0.3, 0.4) is 0 Å². The monoisotopic (exact) mass is 341 g/mol. The van der Waals surface area contributed by atoms with Gasteiger partial charge in [0.05, 0.1) is 6.04 Å². The molecule has 1 aliphatic rings. The number of aromatic nitrogens is 1. The number of hydrogen-bond donors (Lipinski definition) is 0. The van der Waals surface area contributed by atoms with Crippen molar-refractivity contribution in [2.24, 2.45) is 0 Å². The number of piperidine rings is 1. The highest BCUT2D eigenvalue weighted by Crippen LogP contribution is 2.32. The lowest BCUT2D eigenvalue weighted by molar-refractivity contribution is 0.0604. The van der Waals surface area contributed by atoms with Crippen LogP contribution < -0.4 is 0 Å². The summed E-state index contributed by atoms with van der Waals surface area (Å²) in [5.74, 6) is 1.13. The van der Waals surface area contributed by atoms with Crippen molar-refractivity contribution in [3.8, 4) is 0 Å². The summed E-state index contributed by atoms with van der Waals surface area (Å²) in [4.78, 5) is 21.4. The Morgan fingerprint density at radius 2 is 1.96 bits per heavy atom. The summed E-state index contributed by atoms with van der Waals surface area (Å²) in [5.41, 5.74) is 2.94. The molecule has 0 unspecified atom stereocenters. The number of carbonyl (C=O) groups is 1. The maximum Gasteiger partial charge on any atom is 0.276 e. The van der Waals surface area contributed by atoms with Crippen LogP contribution in [0.2, 0.25) is 0 Å². The highest BCUT2D eigenvalue weighted by Gasteiger charge is 2.31. The van der Waals surface area contributed by atoms with E-state index in [9.17, 15) is 4.79 Å². The van der Waals surface area contributed by atoms with Gasteiger partial charge in [-0.2, -0.15) is 0 Å². The predicted molar refractivity (Wildman–Crippen MR) is 97.4 cm³/mol. The van der Waals surface area contributed by atoms with Crippen molar-refractivity contribution >= 4 is 5.91 Å². The molecule has 0 bridgehead atoms. The van der Waals surface area contributed by atoms with E-state index >= 15 is 0 Å². The van der Waals surface area contributed by atoms with Crippen LogP contribution in [0.15, 0.2) is 28.7 Å². The number of rotatable bonds is 4. The van der Waals surface area contributed by atoms with Gasteiger partial charge in [0.25, 0.3) is 5.91 Å². The number of benzene rings is 1. The van der Waals surface area contributed by atoms with Crippen molar-refractivity contribution in [2.75, 3.05) is 20.6 Å².